The second-order valence-electron chi connectivity index (χ2n) is 6.56. The number of aromatic nitrogens is 1. The summed E-state index contributed by atoms with van der Waals surface area (Å²) in [7, 11) is 0. The number of nitrogens with zero attached hydrogens (tertiary/aromatic N) is 3. The third-order valence-corrected chi connectivity index (χ3v) is 4.97. The maximum atomic E-state index is 12.7. The minimum Gasteiger partial charge on any atom is -0.373 e. The number of hydrogen-bond donors (Lipinski definition) is 1. The number of rotatable bonds is 3. The van der Waals surface area contributed by atoms with Gasteiger partial charge in [0, 0.05) is 32.4 Å². The van der Waals surface area contributed by atoms with Gasteiger partial charge in [0.05, 0.1) is 24.3 Å². The highest BCUT2D eigenvalue weighted by Crippen LogP contribution is 2.25. The molecule has 4 rings (SSSR count). The fourth-order valence-corrected chi connectivity index (χ4v) is 3.69. The van der Waals surface area contributed by atoms with Crippen molar-refractivity contribution in [3.8, 4) is 6.07 Å². The Bertz CT molecular complexity index is 795. The zero-order valence-corrected chi connectivity index (χ0v) is 13.9. The molecule has 0 aliphatic carbocycles. The van der Waals surface area contributed by atoms with Crippen molar-refractivity contribution < 1.29 is 9.53 Å². The number of hydrogen-bond acceptors (Lipinski definition) is 4. The Balaban J connectivity index is 1.47. The zero-order chi connectivity index (χ0) is 17.2. The van der Waals surface area contributed by atoms with Crippen LogP contribution in [-0.2, 0) is 11.3 Å². The van der Waals surface area contributed by atoms with Gasteiger partial charge in [0.15, 0.2) is 0 Å². The van der Waals surface area contributed by atoms with Gasteiger partial charge in [-0.05, 0) is 11.6 Å². The summed E-state index contributed by atoms with van der Waals surface area (Å²) in [6, 6.07) is 14.2. The van der Waals surface area contributed by atoms with Crippen molar-refractivity contribution in [2.24, 2.45) is 0 Å². The Kier molecular flexibility index (Phi) is 4.26. The average molecular weight is 336 g/mol. The van der Waals surface area contributed by atoms with E-state index in [1.165, 1.54) is 5.56 Å². The SMILES string of the molecule is N#Cc1c[nH]c(C(=O)N2CC3OCCN(Cc4ccccc4)C3C2)c1. The Labute approximate surface area is 146 Å². The predicted molar refractivity (Wildman–Crippen MR) is 91.8 cm³/mol. The molecule has 2 aromatic rings. The number of nitriles is 1. The average Bonchev–Trinajstić information content (AvgIpc) is 3.29. The zero-order valence-electron chi connectivity index (χ0n) is 13.9. The maximum Gasteiger partial charge on any atom is 0.270 e. The van der Waals surface area contributed by atoms with E-state index in [1.54, 1.807) is 12.3 Å². The first-order chi connectivity index (χ1) is 12.2. The van der Waals surface area contributed by atoms with E-state index in [4.69, 9.17) is 10.00 Å². The van der Waals surface area contributed by atoms with Crippen molar-refractivity contribution in [2.45, 2.75) is 18.7 Å². The quantitative estimate of drug-likeness (QED) is 0.924. The van der Waals surface area contributed by atoms with Crippen LogP contribution in [0.15, 0.2) is 42.6 Å². The van der Waals surface area contributed by atoms with Gasteiger partial charge in [-0.15, -0.1) is 0 Å². The molecule has 0 saturated carbocycles. The molecule has 2 atom stereocenters. The molecule has 6 nitrogen and oxygen atoms in total. The second kappa shape index (κ2) is 6.71. The molecule has 128 valence electrons. The van der Waals surface area contributed by atoms with Crippen LogP contribution < -0.4 is 0 Å². The number of likely N-dealkylation sites (tertiary alicyclic amines) is 1. The molecule has 25 heavy (non-hydrogen) atoms. The van der Waals surface area contributed by atoms with Crippen LogP contribution in [0, 0.1) is 11.3 Å². The van der Waals surface area contributed by atoms with E-state index in [-0.39, 0.29) is 18.1 Å². The van der Waals surface area contributed by atoms with Crippen LogP contribution in [0.25, 0.3) is 0 Å². The van der Waals surface area contributed by atoms with Gasteiger partial charge < -0.3 is 14.6 Å². The Morgan fingerprint density at radius 3 is 2.92 bits per heavy atom. The van der Waals surface area contributed by atoms with Crippen LogP contribution in [0.1, 0.15) is 21.6 Å². The number of amides is 1. The summed E-state index contributed by atoms with van der Waals surface area (Å²) < 4.78 is 5.91. The van der Waals surface area contributed by atoms with E-state index in [1.807, 2.05) is 17.0 Å². The summed E-state index contributed by atoms with van der Waals surface area (Å²) in [6.07, 6.45) is 1.61. The van der Waals surface area contributed by atoms with Crippen LogP contribution in [-0.4, -0.2) is 59.1 Å². The Morgan fingerprint density at radius 1 is 1.32 bits per heavy atom. The van der Waals surface area contributed by atoms with Crippen LogP contribution >= 0.6 is 0 Å². The summed E-state index contributed by atoms with van der Waals surface area (Å²) in [5, 5.41) is 8.92. The number of H-pyrrole nitrogens is 1. The predicted octanol–water partition coefficient (Wildman–Crippen LogP) is 1.61. The monoisotopic (exact) mass is 336 g/mol. The highest BCUT2D eigenvalue weighted by Gasteiger charge is 2.42. The molecule has 1 aromatic heterocycles. The lowest BCUT2D eigenvalue weighted by Gasteiger charge is -2.36. The molecule has 3 heterocycles. The van der Waals surface area contributed by atoms with E-state index >= 15 is 0 Å². The van der Waals surface area contributed by atoms with E-state index in [2.05, 4.69) is 34.1 Å². The summed E-state index contributed by atoms with van der Waals surface area (Å²) in [6.45, 7) is 3.68. The summed E-state index contributed by atoms with van der Waals surface area (Å²) in [5.41, 5.74) is 2.21. The van der Waals surface area contributed by atoms with Gasteiger partial charge in [-0.25, -0.2) is 0 Å². The number of ether oxygens (including phenoxy) is 1. The summed E-state index contributed by atoms with van der Waals surface area (Å²) in [4.78, 5) is 19.8. The highest BCUT2D eigenvalue weighted by molar-refractivity contribution is 5.93. The molecule has 0 bridgehead atoms. The number of fused-ring (bicyclic) bond motifs is 1. The van der Waals surface area contributed by atoms with Gasteiger partial charge in [0.2, 0.25) is 0 Å². The minimum atomic E-state index is -0.0702. The van der Waals surface area contributed by atoms with Crippen molar-refractivity contribution in [3.63, 3.8) is 0 Å². The van der Waals surface area contributed by atoms with Crippen molar-refractivity contribution in [3.05, 3.63) is 59.4 Å². The molecule has 2 aliphatic heterocycles. The van der Waals surface area contributed by atoms with Crippen molar-refractivity contribution in [1.29, 1.82) is 5.26 Å². The first-order valence-electron chi connectivity index (χ1n) is 8.52. The van der Waals surface area contributed by atoms with Gasteiger partial charge in [0.25, 0.3) is 5.91 Å². The number of aromatic amines is 1. The van der Waals surface area contributed by atoms with Crippen LogP contribution in [0.3, 0.4) is 0 Å². The first kappa shape index (κ1) is 15.9. The van der Waals surface area contributed by atoms with E-state index in [0.29, 0.717) is 31.0 Å². The highest BCUT2D eigenvalue weighted by atomic mass is 16.5. The number of nitrogens with one attached hydrogen (secondary N) is 1. The fourth-order valence-electron chi connectivity index (χ4n) is 3.69. The molecule has 2 unspecified atom stereocenters. The fraction of sp³-hybridized carbons (Fsp3) is 0.368. The van der Waals surface area contributed by atoms with E-state index in [0.717, 1.165) is 13.1 Å². The maximum absolute atomic E-state index is 12.7. The van der Waals surface area contributed by atoms with Gasteiger partial charge in [-0.1, -0.05) is 30.3 Å². The lowest BCUT2D eigenvalue weighted by atomic mass is 10.1. The molecular weight excluding hydrogens is 316 g/mol. The van der Waals surface area contributed by atoms with Crippen molar-refractivity contribution in [1.82, 2.24) is 14.8 Å². The largest absolute Gasteiger partial charge is 0.373 e. The van der Waals surface area contributed by atoms with Crippen molar-refractivity contribution in [2.75, 3.05) is 26.2 Å². The number of carbonyl (C=O) groups excluding carboxylic acids is 1. The topological polar surface area (TPSA) is 72.4 Å². The smallest absolute Gasteiger partial charge is 0.270 e. The van der Waals surface area contributed by atoms with Gasteiger partial charge >= 0.3 is 0 Å². The standard InChI is InChI=1S/C19H20N4O2/c20-9-15-8-16(21-10-15)19(24)23-12-17-18(13-23)25-7-6-22(17)11-14-4-2-1-3-5-14/h1-5,8,10,17-18,21H,6-7,11-13H2. The second-order valence-corrected chi connectivity index (χ2v) is 6.56. The molecule has 1 amide bonds. The first-order valence-corrected chi connectivity index (χ1v) is 8.52. The minimum absolute atomic E-state index is 0.0480. The van der Waals surface area contributed by atoms with E-state index in [9.17, 15) is 4.79 Å². The molecule has 0 spiro atoms. The molecule has 2 aliphatic rings. The third-order valence-electron chi connectivity index (χ3n) is 4.97. The van der Waals surface area contributed by atoms with Crippen LogP contribution in [0.4, 0.5) is 0 Å². The van der Waals surface area contributed by atoms with Crippen LogP contribution in [0.5, 0.6) is 0 Å². The lowest BCUT2D eigenvalue weighted by Crippen LogP contribution is -2.50. The molecule has 6 heteroatoms. The molecule has 2 saturated heterocycles. The number of benzene rings is 1. The summed E-state index contributed by atoms with van der Waals surface area (Å²) in [5.74, 6) is -0.0702. The van der Waals surface area contributed by atoms with Crippen molar-refractivity contribution >= 4 is 5.91 Å². The molecule has 0 radical (unpaired) electrons. The molecule has 2 fully saturated rings. The third kappa shape index (κ3) is 3.16. The summed E-state index contributed by atoms with van der Waals surface area (Å²) >= 11 is 0. The normalized spacial score (nSPS) is 23.2. The van der Waals surface area contributed by atoms with Gasteiger partial charge in [-0.2, -0.15) is 5.26 Å². The number of morpholine rings is 1. The van der Waals surface area contributed by atoms with Gasteiger partial charge in [-0.3, -0.25) is 9.69 Å². The Hall–Kier alpha value is -2.62. The molecule has 1 aromatic carbocycles. The van der Waals surface area contributed by atoms with Crippen LogP contribution in [0.2, 0.25) is 0 Å². The van der Waals surface area contributed by atoms with E-state index < -0.39 is 0 Å². The Morgan fingerprint density at radius 2 is 2.16 bits per heavy atom. The molecule has 1 N–H and O–H groups in total. The molecular formula is C19H20N4O2. The lowest BCUT2D eigenvalue weighted by molar-refractivity contribution is -0.0503. The van der Waals surface area contributed by atoms with Gasteiger partial charge in [0.1, 0.15) is 11.8 Å². The number of carbonyl (C=O) groups is 1.